The van der Waals surface area contributed by atoms with E-state index in [0.717, 1.165) is 0 Å². The van der Waals surface area contributed by atoms with Crippen LogP contribution >= 0.6 is 0 Å². The van der Waals surface area contributed by atoms with Crippen LogP contribution in [0.1, 0.15) is 34.6 Å². The zero-order valence-corrected chi connectivity index (χ0v) is 16.2. The van der Waals surface area contributed by atoms with E-state index in [1.165, 1.54) is 41.7 Å². The third-order valence-electron chi connectivity index (χ3n) is 4.00. The van der Waals surface area contributed by atoms with Gasteiger partial charge in [-0.1, -0.05) is 19.9 Å². The predicted molar refractivity (Wildman–Crippen MR) is 102 cm³/mol. The SMILES string of the molecule is CCN(CC)S(=O)(=O)c1ccc(NC(=O)c2cccc(C(=O)OC)c2)cc1. The Bertz CT molecular complexity index is 919. The molecule has 0 aromatic heterocycles. The number of nitrogens with one attached hydrogen (secondary N) is 1. The highest BCUT2D eigenvalue weighted by atomic mass is 32.2. The van der Waals surface area contributed by atoms with Gasteiger partial charge in [-0.2, -0.15) is 4.31 Å². The molecule has 0 aliphatic heterocycles. The van der Waals surface area contributed by atoms with Crippen molar-refractivity contribution in [2.24, 2.45) is 0 Å². The molecule has 0 radical (unpaired) electrons. The topological polar surface area (TPSA) is 92.8 Å². The fourth-order valence-electron chi connectivity index (χ4n) is 2.53. The van der Waals surface area contributed by atoms with Crippen LogP contribution in [-0.2, 0) is 14.8 Å². The maximum Gasteiger partial charge on any atom is 0.337 e. The van der Waals surface area contributed by atoms with Gasteiger partial charge in [0.25, 0.3) is 5.91 Å². The molecule has 0 unspecified atom stereocenters. The summed E-state index contributed by atoms with van der Waals surface area (Å²) in [6, 6.07) is 12.1. The fraction of sp³-hybridized carbons (Fsp3) is 0.263. The quantitative estimate of drug-likeness (QED) is 0.734. The number of carbonyl (C=O) groups excluding carboxylic acids is 2. The van der Waals surface area contributed by atoms with Gasteiger partial charge in [0.1, 0.15) is 0 Å². The molecule has 7 nitrogen and oxygen atoms in total. The van der Waals surface area contributed by atoms with E-state index in [-0.39, 0.29) is 16.0 Å². The van der Waals surface area contributed by atoms with E-state index < -0.39 is 21.9 Å². The largest absolute Gasteiger partial charge is 0.465 e. The van der Waals surface area contributed by atoms with Gasteiger partial charge in [0.05, 0.1) is 17.6 Å². The van der Waals surface area contributed by atoms with Crippen molar-refractivity contribution in [1.82, 2.24) is 4.31 Å². The minimum Gasteiger partial charge on any atom is -0.465 e. The van der Waals surface area contributed by atoms with E-state index in [1.807, 2.05) is 0 Å². The number of rotatable bonds is 7. The van der Waals surface area contributed by atoms with Crippen LogP contribution in [0.3, 0.4) is 0 Å². The molecule has 2 aromatic rings. The third kappa shape index (κ3) is 4.72. The van der Waals surface area contributed by atoms with Gasteiger partial charge >= 0.3 is 5.97 Å². The highest BCUT2D eigenvalue weighted by molar-refractivity contribution is 7.89. The standard InChI is InChI=1S/C19H22N2O5S/c1-4-21(5-2)27(24,25)17-11-9-16(10-12-17)20-18(22)14-7-6-8-15(13-14)19(23)26-3/h6-13H,4-5H2,1-3H3,(H,20,22). The van der Waals surface area contributed by atoms with Gasteiger partial charge in [-0.15, -0.1) is 0 Å². The number of hydrogen-bond acceptors (Lipinski definition) is 5. The van der Waals surface area contributed by atoms with Gasteiger partial charge in [0.15, 0.2) is 0 Å². The highest BCUT2D eigenvalue weighted by Crippen LogP contribution is 2.19. The summed E-state index contributed by atoms with van der Waals surface area (Å²) in [7, 11) is -2.28. The molecular formula is C19H22N2O5S. The van der Waals surface area contributed by atoms with Crippen molar-refractivity contribution in [2.75, 3.05) is 25.5 Å². The molecule has 0 aliphatic carbocycles. The second kappa shape index (κ2) is 8.79. The first-order valence-electron chi connectivity index (χ1n) is 8.43. The van der Waals surface area contributed by atoms with E-state index in [0.29, 0.717) is 18.8 Å². The lowest BCUT2D eigenvalue weighted by Crippen LogP contribution is -2.30. The van der Waals surface area contributed by atoms with Gasteiger partial charge in [-0.25, -0.2) is 13.2 Å². The van der Waals surface area contributed by atoms with Gasteiger partial charge in [-0.05, 0) is 42.5 Å². The Morgan fingerprint density at radius 3 is 2.15 bits per heavy atom. The molecule has 0 aliphatic rings. The van der Waals surface area contributed by atoms with Crippen LogP contribution < -0.4 is 5.32 Å². The normalized spacial score (nSPS) is 11.3. The van der Waals surface area contributed by atoms with E-state index in [9.17, 15) is 18.0 Å². The average Bonchev–Trinajstić information content (AvgIpc) is 2.68. The number of methoxy groups -OCH3 is 1. The van der Waals surface area contributed by atoms with Crippen LogP contribution in [0.4, 0.5) is 5.69 Å². The lowest BCUT2D eigenvalue weighted by Gasteiger charge is -2.18. The minimum absolute atomic E-state index is 0.164. The number of esters is 1. The van der Waals surface area contributed by atoms with Crippen molar-refractivity contribution in [2.45, 2.75) is 18.7 Å². The van der Waals surface area contributed by atoms with E-state index in [1.54, 1.807) is 32.0 Å². The van der Waals surface area contributed by atoms with Crippen molar-refractivity contribution in [3.05, 3.63) is 59.7 Å². The summed E-state index contributed by atoms with van der Waals surface area (Å²) >= 11 is 0. The summed E-state index contributed by atoms with van der Waals surface area (Å²) in [6.45, 7) is 4.32. The van der Waals surface area contributed by atoms with Gasteiger partial charge in [-0.3, -0.25) is 4.79 Å². The summed E-state index contributed by atoms with van der Waals surface area (Å²) in [4.78, 5) is 24.1. The van der Waals surface area contributed by atoms with Crippen LogP contribution in [0.5, 0.6) is 0 Å². The molecular weight excluding hydrogens is 368 g/mol. The summed E-state index contributed by atoms with van der Waals surface area (Å²) in [5, 5.41) is 2.68. The fourth-order valence-corrected chi connectivity index (χ4v) is 3.99. The van der Waals surface area contributed by atoms with Crippen molar-refractivity contribution >= 4 is 27.6 Å². The van der Waals surface area contributed by atoms with Crippen LogP contribution in [0, 0.1) is 0 Å². The predicted octanol–water partition coefficient (Wildman–Crippen LogP) is 2.76. The first-order chi connectivity index (χ1) is 12.8. The van der Waals surface area contributed by atoms with Crippen LogP contribution in [0.2, 0.25) is 0 Å². The molecule has 0 heterocycles. The highest BCUT2D eigenvalue weighted by Gasteiger charge is 2.21. The zero-order chi connectivity index (χ0) is 20.0. The molecule has 0 spiro atoms. The second-order valence-corrected chi connectivity index (χ2v) is 7.58. The smallest absolute Gasteiger partial charge is 0.337 e. The minimum atomic E-state index is -3.55. The van der Waals surface area contributed by atoms with E-state index >= 15 is 0 Å². The summed E-state index contributed by atoms with van der Waals surface area (Å²) < 4.78 is 30.9. The average molecular weight is 390 g/mol. The monoisotopic (exact) mass is 390 g/mol. The van der Waals surface area contributed by atoms with Crippen LogP contribution in [0.15, 0.2) is 53.4 Å². The Morgan fingerprint density at radius 2 is 1.59 bits per heavy atom. The summed E-state index contributed by atoms with van der Waals surface area (Å²) in [5.74, 6) is -0.948. The Labute approximate surface area is 159 Å². The number of amides is 1. The lowest BCUT2D eigenvalue weighted by atomic mass is 10.1. The van der Waals surface area contributed by atoms with Gasteiger partial charge in [0.2, 0.25) is 10.0 Å². The van der Waals surface area contributed by atoms with E-state index in [2.05, 4.69) is 10.1 Å². The number of hydrogen-bond donors (Lipinski definition) is 1. The lowest BCUT2D eigenvalue weighted by molar-refractivity contribution is 0.0600. The molecule has 144 valence electrons. The van der Waals surface area contributed by atoms with Crippen molar-refractivity contribution in [3.8, 4) is 0 Å². The zero-order valence-electron chi connectivity index (χ0n) is 15.4. The number of anilines is 1. The molecule has 8 heteroatoms. The van der Waals surface area contributed by atoms with Gasteiger partial charge in [0, 0.05) is 24.3 Å². The molecule has 0 saturated heterocycles. The molecule has 0 bridgehead atoms. The molecule has 1 N–H and O–H groups in total. The first-order valence-corrected chi connectivity index (χ1v) is 9.87. The molecule has 0 saturated carbocycles. The Kier molecular flexibility index (Phi) is 6.70. The molecule has 2 aromatic carbocycles. The number of nitrogens with zero attached hydrogens (tertiary/aromatic N) is 1. The Balaban J connectivity index is 2.17. The summed E-state index contributed by atoms with van der Waals surface area (Å²) in [6.07, 6.45) is 0. The molecule has 2 rings (SSSR count). The molecule has 1 amide bonds. The molecule has 0 atom stereocenters. The van der Waals surface area contributed by atoms with Crippen LogP contribution in [0.25, 0.3) is 0 Å². The number of sulfonamides is 1. The summed E-state index contributed by atoms with van der Waals surface area (Å²) in [5.41, 5.74) is 1.01. The maximum atomic E-state index is 12.5. The van der Waals surface area contributed by atoms with E-state index in [4.69, 9.17) is 0 Å². The Morgan fingerprint density at radius 1 is 1.00 bits per heavy atom. The van der Waals surface area contributed by atoms with Crippen molar-refractivity contribution in [1.29, 1.82) is 0 Å². The van der Waals surface area contributed by atoms with Crippen molar-refractivity contribution < 1.29 is 22.7 Å². The van der Waals surface area contributed by atoms with Crippen molar-refractivity contribution in [3.63, 3.8) is 0 Å². The first kappa shape index (κ1) is 20.6. The number of ether oxygens (including phenoxy) is 1. The number of carbonyl (C=O) groups is 2. The Hall–Kier alpha value is -2.71. The van der Waals surface area contributed by atoms with Crippen LogP contribution in [-0.4, -0.2) is 44.8 Å². The molecule has 0 fully saturated rings. The maximum absolute atomic E-state index is 12.5. The molecule has 27 heavy (non-hydrogen) atoms. The second-order valence-electron chi connectivity index (χ2n) is 5.64. The van der Waals surface area contributed by atoms with Gasteiger partial charge < -0.3 is 10.1 Å². The number of benzene rings is 2. The third-order valence-corrected chi connectivity index (χ3v) is 6.07.